The van der Waals surface area contributed by atoms with Crippen molar-refractivity contribution in [2.45, 2.75) is 25.4 Å². The number of rotatable bonds is 4. The predicted molar refractivity (Wildman–Crippen MR) is 67.5 cm³/mol. The summed E-state index contributed by atoms with van der Waals surface area (Å²) >= 11 is 0. The van der Waals surface area contributed by atoms with Gasteiger partial charge in [0.2, 0.25) is 0 Å². The fraction of sp³-hybridized carbons (Fsp3) is 0.385. The van der Waals surface area contributed by atoms with Gasteiger partial charge in [-0.1, -0.05) is 0 Å². The largest absolute Gasteiger partial charge is 0.478 e. The van der Waals surface area contributed by atoms with Crippen LogP contribution in [-0.4, -0.2) is 26.7 Å². The SMILES string of the molecule is Cn1c(CNC2CC2)nc2cc(C(=O)O)ccc21. The van der Waals surface area contributed by atoms with Crippen molar-refractivity contribution < 1.29 is 9.90 Å². The maximum atomic E-state index is 10.9. The van der Waals surface area contributed by atoms with E-state index in [0.29, 0.717) is 6.04 Å². The van der Waals surface area contributed by atoms with Crippen LogP contribution in [0.15, 0.2) is 18.2 Å². The van der Waals surface area contributed by atoms with Crippen LogP contribution in [0, 0.1) is 0 Å². The summed E-state index contributed by atoms with van der Waals surface area (Å²) < 4.78 is 2.01. The van der Waals surface area contributed by atoms with E-state index < -0.39 is 5.97 Å². The Balaban J connectivity index is 1.94. The highest BCUT2D eigenvalue weighted by molar-refractivity contribution is 5.92. The number of carboxylic acid groups (broad SMARTS) is 1. The molecule has 0 aliphatic heterocycles. The third-order valence-electron chi connectivity index (χ3n) is 3.35. The number of carboxylic acids is 1. The van der Waals surface area contributed by atoms with Crippen LogP contribution in [0.5, 0.6) is 0 Å². The van der Waals surface area contributed by atoms with Crippen LogP contribution in [-0.2, 0) is 13.6 Å². The first-order valence-corrected chi connectivity index (χ1v) is 6.07. The Morgan fingerprint density at radius 2 is 2.33 bits per heavy atom. The molecule has 0 spiro atoms. The Kier molecular flexibility index (Phi) is 2.56. The molecule has 0 radical (unpaired) electrons. The number of nitrogens with zero attached hydrogens (tertiary/aromatic N) is 2. The molecule has 2 aromatic rings. The van der Waals surface area contributed by atoms with Crippen molar-refractivity contribution >= 4 is 17.0 Å². The minimum Gasteiger partial charge on any atom is -0.478 e. The summed E-state index contributed by atoms with van der Waals surface area (Å²) in [5, 5.41) is 12.4. The van der Waals surface area contributed by atoms with E-state index in [1.165, 1.54) is 12.8 Å². The first kappa shape index (κ1) is 11.2. The number of nitrogens with one attached hydrogen (secondary N) is 1. The second-order valence-electron chi connectivity index (χ2n) is 4.75. The molecule has 1 fully saturated rings. The van der Waals surface area contributed by atoms with Gasteiger partial charge in [-0.15, -0.1) is 0 Å². The van der Waals surface area contributed by atoms with Crippen LogP contribution in [0.1, 0.15) is 29.0 Å². The molecule has 1 aliphatic rings. The topological polar surface area (TPSA) is 67.2 Å². The van der Waals surface area contributed by atoms with E-state index in [-0.39, 0.29) is 5.56 Å². The normalized spacial score (nSPS) is 15.2. The average Bonchev–Trinajstić information content (AvgIpc) is 3.12. The van der Waals surface area contributed by atoms with Crippen LogP contribution in [0.3, 0.4) is 0 Å². The van der Waals surface area contributed by atoms with Crippen molar-refractivity contribution in [2.75, 3.05) is 0 Å². The summed E-state index contributed by atoms with van der Waals surface area (Å²) in [4.78, 5) is 15.4. The maximum Gasteiger partial charge on any atom is 0.335 e. The van der Waals surface area contributed by atoms with Gasteiger partial charge < -0.3 is 15.0 Å². The van der Waals surface area contributed by atoms with E-state index in [1.54, 1.807) is 12.1 Å². The predicted octanol–water partition coefficient (Wildman–Crippen LogP) is 1.52. The lowest BCUT2D eigenvalue weighted by Crippen LogP contribution is -2.18. The van der Waals surface area contributed by atoms with E-state index in [0.717, 1.165) is 23.4 Å². The number of hydrogen-bond acceptors (Lipinski definition) is 3. The minimum atomic E-state index is -0.916. The quantitative estimate of drug-likeness (QED) is 0.857. The lowest BCUT2D eigenvalue weighted by atomic mass is 10.2. The van der Waals surface area contributed by atoms with Gasteiger partial charge in [-0.25, -0.2) is 9.78 Å². The van der Waals surface area contributed by atoms with Gasteiger partial charge in [0.25, 0.3) is 0 Å². The molecule has 0 saturated heterocycles. The molecule has 5 heteroatoms. The molecule has 3 rings (SSSR count). The molecular weight excluding hydrogens is 230 g/mol. The average molecular weight is 245 g/mol. The number of aromatic carboxylic acids is 1. The minimum absolute atomic E-state index is 0.280. The van der Waals surface area contributed by atoms with E-state index in [9.17, 15) is 4.79 Å². The number of aryl methyl sites for hydroxylation is 1. The highest BCUT2D eigenvalue weighted by Crippen LogP contribution is 2.21. The van der Waals surface area contributed by atoms with Gasteiger partial charge in [0.05, 0.1) is 23.1 Å². The molecular formula is C13H15N3O2. The molecule has 0 unspecified atom stereocenters. The standard InChI is InChI=1S/C13H15N3O2/c1-16-11-5-2-8(13(17)18)6-10(11)15-12(16)7-14-9-3-4-9/h2,5-6,9,14H,3-4,7H2,1H3,(H,17,18). The van der Waals surface area contributed by atoms with Gasteiger partial charge in [-0.05, 0) is 31.0 Å². The second kappa shape index (κ2) is 4.10. The fourth-order valence-corrected chi connectivity index (χ4v) is 2.06. The monoisotopic (exact) mass is 245 g/mol. The van der Waals surface area contributed by atoms with Crippen LogP contribution in [0.2, 0.25) is 0 Å². The van der Waals surface area contributed by atoms with Crippen molar-refractivity contribution in [2.24, 2.45) is 7.05 Å². The molecule has 1 saturated carbocycles. The van der Waals surface area contributed by atoms with Gasteiger partial charge in [0.1, 0.15) is 5.82 Å². The van der Waals surface area contributed by atoms with Gasteiger partial charge in [-0.3, -0.25) is 0 Å². The van der Waals surface area contributed by atoms with Crippen LogP contribution < -0.4 is 5.32 Å². The van der Waals surface area contributed by atoms with Crippen molar-refractivity contribution in [3.8, 4) is 0 Å². The highest BCUT2D eigenvalue weighted by atomic mass is 16.4. The molecule has 18 heavy (non-hydrogen) atoms. The lowest BCUT2D eigenvalue weighted by Gasteiger charge is -2.03. The van der Waals surface area contributed by atoms with Crippen molar-refractivity contribution in [3.63, 3.8) is 0 Å². The molecule has 1 aliphatic carbocycles. The Hall–Kier alpha value is -1.88. The molecule has 0 amide bonds. The third-order valence-corrected chi connectivity index (χ3v) is 3.35. The number of imidazole rings is 1. The molecule has 0 bridgehead atoms. The number of carbonyl (C=O) groups is 1. The van der Waals surface area contributed by atoms with Crippen molar-refractivity contribution in [1.29, 1.82) is 0 Å². The molecule has 1 aromatic heterocycles. The number of benzene rings is 1. The Morgan fingerprint density at radius 1 is 1.56 bits per heavy atom. The van der Waals surface area contributed by atoms with Crippen LogP contribution in [0.4, 0.5) is 0 Å². The summed E-state index contributed by atoms with van der Waals surface area (Å²) in [5.74, 6) is 0.0275. The molecule has 2 N–H and O–H groups in total. The van der Waals surface area contributed by atoms with Crippen LogP contribution in [0.25, 0.3) is 11.0 Å². The molecule has 5 nitrogen and oxygen atoms in total. The fourth-order valence-electron chi connectivity index (χ4n) is 2.06. The molecule has 1 aromatic carbocycles. The van der Waals surface area contributed by atoms with Gasteiger partial charge in [-0.2, -0.15) is 0 Å². The van der Waals surface area contributed by atoms with Crippen LogP contribution >= 0.6 is 0 Å². The summed E-state index contributed by atoms with van der Waals surface area (Å²) in [6.07, 6.45) is 2.49. The number of aromatic nitrogens is 2. The zero-order valence-corrected chi connectivity index (χ0v) is 10.2. The summed E-state index contributed by atoms with van der Waals surface area (Å²) in [5.41, 5.74) is 1.99. The zero-order valence-electron chi connectivity index (χ0n) is 10.2. The van der Waals surface area contributed by atoms with E-state index in [2.05, 4.69) is 10.3 Å². The molecule has 94 valence electrons. The number of hydrogen-bond donors (Lipinski definition) is 2. The zero-order chi connectivity index (χ0) is 12.7. The Bertz CT molecular complexity index is 614. The maximum absolute atomic E-state index is 10.9. The first-order chi connectivity index (χ1) is 8.65. The summed E-state index contributed by atoms with van der Waals surface area (Å²) in [6.45, 7) is 0.734. The Morgan fingerprint density at radius 3 is 3.00 bits per heavy atom. The second-order valence-corrected chi connectivity index (χ2v) is 4.75. The van der Waals surface area contributed by atoms with Gasteiger partial charge >= 0.3 is 5.97 Å². The smallest absolute Gasteiger partial charge is 0.335 e. The summed E-state index contributed by atoms with van der Waals surface area (Å²) in [6, 6.07) is 5.69. The van der Waals surface area contributed by atoms with Gasteiger partial charge in [0, 0.05) is 13.1 Å². The van der Waals surface area contributed by atoms with E-state index in [1.807, 2.05) is 17.7 Å². The first-order valence-electron chi connectivity index (χ1n) is 6.07. The van der Waals surface area contributed by atoms with E-state index >= 15 is 0 Å². The number of fused-ring (bicyclic) bond motifs is 1. The summed E-state index contributed by atoms with van der Waals surface area (Å²) in [7, 11) is 1.96. The van der Waals surface area contributed by atoms with Gasteiger partial charge in [0.15, 0.2) is 0 Å². The van der Waals surface area contributed by atoms with Crippen molar-refractivity contribution in [3.05, 3.63) is 29.6 Å². The Labute approximate surface area is 104 Å². The van der Waals surface area contributed by atoms with Crippen molar-refractivity contribution in [1.82, 2.24) is 14.9 Å². The van der Waals surface area contributed by atoms with E-state index in [4.69, 9.17) is 5.11 Å². The molecule has 0 atom stereocenters. The third kappa shape index (κ3) is 1.97. The molecule has 1 heterocycles. The highest BCUT2D eigenvalue weighted by Gasteiger charge is 2.21. The lowest BCUT2D eigenvalue weighted by molar-refractivity contribution is 0.0697.